The van der Waals surface area contributed by atoms with Crippen LogP contribution in [0.4, 0.5) is 0 Å². The molecule has 0 radical (unpaired) electrons. The molecule has 1 fully saturated rings. The van der Waals surface area contributed by atoms with Crippen molar-refractivity contribution in [1.82, 2.24) is 9.78 Å². The Morgan fingerprint density at radius 3 is 2.56 bits per heavy atom. The van der Waals surface area contributed by atoms with Crippen LogP contribution in [0, 0.1) is 0 Å². The number of nitrogens with one attached hydrogen (secondary N) is 1. The molecule has 2 atom stereocenters. The molecule has 1 aliphatic carbocycles. The van der Waals surface area contributed by atoms with Crippen molar-refractivity contribution in [3.63, 3.8) is 0 Å². The molecule has 4 nitrogen and oxygen atoms in total. The van der Waals surface area contributed by atoms with E-state index in [1.165, 1.54) is 0 Å². The molecule has 2 N–H and O–H groups in total. The van der Waals surface area contributed by atoms with Gasteiger partial charge in [-0.05, 0) is 19.3 Å². The standard InChI is InChI=1S/C12H20N2O2/c1-12(2,3)10-7-11(16)14(13-10)8-5-4-6-9(8)15/h7-9,13,15H,4-6H2,1-3H3. The first kappa shape index (κ1) is 11.5. The molecule has 0 bridgehead atoms. The predicted octanol–water partition coefficient (Wildman–Crippen LogP) is 1.56. The van der Waals surface area contributed by atoms with Crippen molar-refractivity contribution >= 4 is 0 Å². The summed E-state index contributed by atoms with van der Waals surface area (Å²) in [6, 6.07) is 1.58. The van der Waals surface area contributed by atoms with Crippen LogP contribution in [0.3, 0.4) is 0 Å². The number of hydrogen-bond acceptors (Lipinski definition) is 2. The molecule has 1 aliphatic rings. The fourth-order valence-corrected chi connectivity index (χ4v) is 2.26. The van der Waals surface area contributed by atoms with Crippen LogP contribution in [0.25, 0.3) is 0 Å². The smallest absolute Gasteiger partial charge is 0.267 e. The van der Waals surface area contributed by atoms with E-state index in [1.807, 2.05) is 0 Å². The molecule has 0 aromatic carbocycles. The molecule has 90 valence electrons. The topological polar surface area (TPSA) is 58.0 Å². The number of aromatic nitrogens is 2. The van der Waals surface area contributed by atoms with Crippen LogP contribution in [0.15, 0.2) is 10.9 Å². The molecular formula is C12H20N2O2. The van der Waals surface area contributed by atoms with Crippen LogP contribution in [-0.4, -0.2) is 21.0 Å². The van der Waals surface area contributed by atoms with Crippen LogP contribution >= 0.6 is 0 Å². The highest BCUT2D eigenvalue weighted by atomic mass is 16.3. The Balaban J connectivity index is 2.36. The van der Waals surface area contributed by atoms with Crippen molar-refractivity contribution < 1.29 is 5.11 Å². The number of aliphatic hydroxyl groups is 1. The van der Waals surface area contributed by atoms with Gasteiger partial charge in [-0.2, -0.15) is 0 Å². The molecule has 1 aromatic rings. The van der Waals surface area contributed by atoms with Gasteiger partial charge in [0.25, 0.3) is 5.56 Å². The fraction of sp³-hybridized carbons (Fsp3) is 0.750. The maximum Gasteiger partial charge on any atom is 0.267 e. The summed E-state index contributed by atoms with van der Waals surface area (Å²) in [6.07, 6.45) is 2.28. The maximum absolute atomic E-state index is 11.8. The molecule has 1 aromatic heterocycles. The Labute approximate surface area is 95.3 Å². The summed E-state index contributed by atoms with van der Waals surface area (Å²) >= 11 is 0. The van der Waals surface area contributed by atoms with E-state index in [4.69, 9.17) is 0 Å². The number of rotatable bonds is 1. The molecule has 16 heavy (non-hydrogen) atoms. The van der Waals surface area contributed by atoms with Gasteiger partial charge in [-0.25, -0.2) is 4.68 Å². The van der Waals surface area contributed by atoms with Crippen molar-refractivity contribution in [2.75, 3.05) is 0 Å². The number of hydrogen-bond donors (Lipinski definition) is 2. The lowest BCUT2D eigenvalue weighted by Gasteiger charge is -2.18. The molecule has 0 saturated heterocycles. The zero-order valence-electron chi connectivity index (χ0n) is 10.2. The van der Waals surface area contributed by atoms with E-state index in [0.29, 0.717) is 0 Å². The summed E-state index contributed by atoms with van der Waals surface area (Å²) in [6.45, 7) is 6.19. The molecule has 1 heterocycles. The zero-order valence-corrected chi connectivity index (χ0v) is 10.2. The van der Waals surface area contributed by atoms with Gasteiger partial charge in [0.1, 0.15) is 0 Å². The van der Waals surface area contributed by atoms with Gasteiger partial charge in [0.2, 0.25) is 0 Å². The van der Waals surface area contributed by atoms with E-state index in [2.05, 4.69) is 25.9 Å². The van der Waals surface area contributed by atoms with Gasteiger partial charge in [-0.15, -0.1) is 0 Å². The van der Waals surface area contributed by atoms with E-state index >= 15 is 0 Å². The number of H-pyrrole nitrogens is 1. The van der Waals surface area contributed by atoms with Gasteiger partial charge in [-0.1, -0.05) is 20.8 Å². The van der Waals surface area contributed by atoms with Crippen molar-refractivity contribution in [3.05, 3.63) is 22.1 Å². The van der Waals surface area contributed by atoms with Gasteiger partial charge in [0.15, 0.2) is 0 Å². The third-order valence-electron chi connectivity index (χ3n) is 3.33. The summed E-state index contributed by atoms with van der Waals surface area (Å²) in [5.41, 5.74) is 0.834. The molecular weight excluding hydrogens is 204 g/mol. The highest BCUT2D eigenvalue weighted by molar-refractivity contribution is 5.11. The highest BCUT2D eigenvalue weighted by Gasteiger charge is 2.29. The minimum Gasteiger partial charge on any atom is -0.391 e. The van der Waals surface area contributed by atoms with Crippen LogP contribution in [0.2, 0.25) is 0 Å². The van der Waals surface area contributed by atoms with E-state index in [1.54, 1.807) is 10.7 Å². The lowest BCUT2D eigenvalue weighted by Crippen LogP contribution is -2.27. The van der Waals surface area contributed by atoms with Crippen molar-refractivity contribution in [2.45, 2.75) is 57.6 Å². The van der Waals surface area contributed by atoms with Crippen molar-refractivity contribution in [1.29, 1.82) is 0 Å². The summed E-state index contributed by atoms with van der Waals surface area (Å²) in [4.78, 5) is 11.8. The minimum atomic E-state index is -0.385. The lowest BCUT2D eigenvalue weighted by molar-refractivity contribution is 0.128. The van der Waals surface area contributed by atoms with E-state index in [9.17, 15) is 9.90 Å². The maximum atomic E-state index is 11.8. The Morgan fingerprint density at radius 2 is 2.12 bits per heavy atom. The van der Waals surface area contributed by atoms with Gasteiger partial charge >= 0.3 is 0 Å². The average molecular weight is 224 g/mol. The number of aliphatic hydroxyl groups excluding tert-OH is 1. The zero-order chi connectivity index (χ0) is 11.9. The third kappa shape index (κ3) is 1.94. The average Bonchev–Trinajstić information content (AvgIpc) is 2.70. The molecule has 0 spiro atoms. The largest absolute Gasteiger partial charge is 0.391 e. The summed E-state index contributed by atoms with van der Waals surface area (Å²) in [5.74, 6) is 0. The van der Waals surface area contributed by atoms with E-state index in [0.717, 1.165) is 25.0 Å². The first-order valence-electron chi connectivity index (χ1n) is 5.89. The molecule has 4 heteroatoms. The molecule has 2 unspecified atom stereocenters. The third-order valence-corrected chi connectivity index (χ3v) is 3.33. The Morgan fingerprint density at radius 1 is 1.44 bits per heavy atom. The Bertz CT molecular complexity index is 425. The summed E-state index contributed by atoms with van der Waals surface area (Å²) in [5, 5.41) is 12.9. The minimum absolute atomic E-state index is 0.0316. The monoisotopic (exact) mass is 224 g/mol. The van der Waals surface area contributed by atoms with Crippen LogP contribution in [-0.2, 0) is 5.41 Å². The van der Waals surface area contributed by atoms with Gasteiger partial charge < -0.3 is 5.11 Å². The quantitative estimate of drug-likeness (QED) is 0.760. The highest BCUT2D eigenvalue weighted by Crippen LogP contribution is 2.29. The molecule has 1 saturated carbocycles. The predicted molar refractivity (Wildman–Crippen MR) is 62.6 cm³/mol. The fourth-order valence-electron chi connectivity index (χ4n) is 2.26. The van der Waals surface area contributed by atoms with E-state index < -0.39 is 0 Å². The first-order chi connectivity index (χ1) is 7.39. The lowest BCUT2D eigenvalue weighted by atomic mass is 9.93. The van der Waals surface area contributed by atoms with Gasteiger partial charge in [-0.3, -0.25) is 9.89 Å². The second-order valence-electron chi connectivity index (χ2n) is 5.69. The second-order valence-corrected chi connectivity index (χ2v) is 5.69. The van der Waals surface area contributed by atoms with Gasteiger partial charge in [0.05, 0.1) is 12.1 Å². The SMILES string of the molecule is CC(C)(C)c1cc(=O)n(C2CCCC2O)[nH]1. The Hall–Kier alpha value is -1.03. The number of aromatic amines is 1. The number of nitrogens with zero attached hydrogens (tertiary/aromatic N) is 1. The molecule has 2 rings (SSSR count). The Kier molecular flexibility index (Phi) is 2.70. The summed E-state index contributed by atoms with van der Waals surface area (Å²) < 4.78 is 1.60. The van der Waals surface area contributed by atoms with Crippen LogP contribution in [0.1, 0.15) is 51.8 Å². The molecule has 0 aliphatic heterocycles. The summed E-state index contributed by atoms with van der Waals surface area (Å²) in [7, 11) is 0. The molecule has 0 amide bonds. The normalized spacial score (nSPS) is 26.2. The van der Waals surface area contributed by atoms with Crippen molar-refractivity contribution in [3.8, 4) is 0 Å². The van der Waals surface area contributed by atoms with Gasteiger partial charge in [0, 0.05) is 17.2 Å². The van der Waals surface area contributed by atoms with Crippen LogP contribution < -0.4 is 5.56 Å². The van der Waals surface area contributed by atoms with E-state index in [-0.39, 0.29) is 23.1 Å². The first-order valence-corrected chi connectivity index (χ1v) is 5.89. The van der Waals surface area contributed by atoms with Crippen molar-refractivity contribution in [2.24, 2.45) is 0 Å². The second kappa shape index (κ2) is 3.77. The van der Waals surface area contributed by atoms with Crippen LogP contribution in [0.5, 0.6) is 0 Å².